The Morgan fingerprint density at radius 3 is 2.65 bits per heavy atom. The highest BCUT2D eigenvalue weighted by Crippen LogP contribution is 2.27. The van der Waals surface area contributed by atoms with Gasteiger partial charge in [0.15, 0.2) is 5.82 Å². The van der Waals surface area contributed by atoms with E-state index in [-0.39, 0.29) is 24.8 Å². The predicted octanol–water partition coefficient (Wildman–Crippen LogP) is 3.03. The lowest BCUT2D eigenvalue weighted by Gasteiger charge is -2.28. The van der Waals surface area contributed by atoms with Crippen molar-refractivity contribution in [1.82, 2.24) is 19.9 Å². The summed E-state index contributed by atoms with van der Waals surface area (Å²) in [5, 5.41) is 4.03. The first-order chi connectivity index (χ1) is 11.7. The van der Waals surface area contributed by atoms with Crippen molar-refractivity contribution in [2.24, 2.45) is 5.73 Å². The number of nitrogens with zero attached hydrogens (tertiary/aromatic N) is 4. The van der Waals surface area contributed by atoms with Gasteiger partial charge in [0.1, 0.15) is 0 Å². The second-order valence-electron chi connectivity index (χ2n) is 6.40. The Kier molecular flexibility index (Phi) is 9.54. The van der Waals surface area contributed by atoms with E-state index < -0.39 is 0 Å². The van der Waals surface area contributed by atoms with Crippen molar-refractivity contribution in [3.05, 3.63) is 47.6 Å². The zero-order valence-corrected chi connectivity index (χ0v) is 17.0. The summed E-state index contributed by atoms with van der Waals surface area (Å²) in [7, 11) is 0. The van der Waals surface area contributed by atoms with Crippen LogP contribution in [0.25, 0.3) is 0 Å². The number of hydrogen-bond acceptors (Lipinski definition) is 6. The highest BCUT2D eigenvalue weighted by molar-refractivity contribution is 5.85. The van der Waals surface area contributed by atoms with Gasteiger partial charge in [0.2, 0.25) is 5.89 Å². The van der Waals surface area contributed by atoms with Crippen LogP contribution in [0.2, 0.25) is 0 Å². The summed E-state index contributed by atoms with van der Waals surface area (Å²) in [4.78, 5) is 9.32. The van der Waals surface area contributed by atoms with Gasteiger partial charge in [-0.05, 0) is 25.5 Å². The summed E-state index contributed by atoms with van der Waals surface area (Å²) in [6, 6.07) is 11.7. The molecule has 26 heavy (non-hydrogen) atoms. The van der Waals surface area contributed by atoms with Crippen molar-refractivity contribution >= 4 is 24.8 Å². The van der Waals surface area contributed by atoms with Crippen LogP contribution in [0.3, 0.4) is 0 Å². The van der Waals surface area contributed by atoms with Gasteiger partial charge in [-0.25, -0.2) is 0 Å². The minimum atomic E-state index is 0. The van der Waals surface area contributed by atoms with Crippen LogP contribution < -0.4 is 5.73 Å². The van der Waals surface area contributed by atoms with Gasteiger partial charge < -0.3 is 10.3 Å². The number of hydrogen-bond donors (Lipinski definition) is 1. The van der Waals surface area contributed by atoms with Crippen LogP contribution in [0.4, 0.5) is 0 Å². The summed E-state index contributed by atoms with van der Waals surface area (Å²) in [6.07, 6.45) is 1.17. The smallest absolute Gasteiger partial charge is 0.240 e. The Balaban J connectivity index is 0.00000169. The summed E-state index contributed by atoms with van der Waals surface area (Å²) < 4.78 is 5.12. The Morgan fingerprint density at radius 1 is 1.31 bits per heavy atom. The van der Waals surface area contributed by atoms with Crippen molar-refractivity contribution in [2.75, 3.05) is 19.6 Å². The fourth-order valence-corrected chi connectivity index (χ4v) is 3.48. The zero-order chi connectivity index (χ0) is 16.9. The normalized spacial score (nSPS) is 18.4. The van der Waals surface area contributed by atoms with E-state index in [1.54, 1.807) is 0 Å². The number of benzene rings is 1. The molecule has 2 heterocycles. The fourth-order valence-electron chi connectivity index (χ4n) is 3.48. The molecule has 0 bridgehead atoms. The van der Waals surface area contributed by atoms with E-state index in [1.165, 1.54) is 12.0 Å². The summed E-state index contributed by atoms with van der Waals surface area (Å²) in [5.41, 5.74) is 6.92. The topological polar surface area (TPSA) is 71.4 Å². The predicted molar refractivity (Wildman–Crippen MR) is 108 cm³/mol. The van der Waals surface area contributed by atoms with Crippen LogP contribution >= 0.6 is 24.8 Å². The van der Waals surface area contributed by atoms with Crippen molar-refractivity contribution in [3.8, 4) is 0 Å². The van der Waals surface area contributed by atoms with Crippen LogP contribution in [0.1, 0.15) is 43.6 Å². The first-order valence-corrected chi connectivity index (χ1v) is 8.75. The number of halogens is 2. The third-order valence-electron chi connectivity index (χ3n) is 4.98. The number of likely N-dealkylation sites (N-methyl/N-ethyl adjacent to an activating group) is 1. The van der Waals surface area contributed by atoms with E-state index in [0.29, 0.717) is 24.5 Å². The van der Waals surface area contributed by atoms with Crippen molar-refractivity contribution in [2.45, 2.75) is 45.4 Å². The Hall–Kier alpha value is -1.18. The largest absolute Gasteiger partial charge is 0.338 e. The molecule has 0 aliphatic carbocycles. The Bertz CT molecular complexity index is 640. The van der Waals surface area contributed by atoms with E-state index in [2.05, 4.69) is 64.1 Å². The number of rotatable bonds is 7. The summed E-state index contributed by atoms with van der Waals surface area (Å²) in [6.45, 7) is 8.67. The SMILES string of the molecule is CCN(Cc1noc(CN)n1)C1CCN(C(C)c2ccccc2)C1.Cl.Cl. The molecule has 1 aromatic heterocycles. The van der Waals surface area contributed by atoms with Crippen molar-refractivity contribution in [3.63, 3.8) is 0 Å². The molecule has 1 saturated heterocycles. The quantitative estimate of drug-likeness (QED) is 0.768. The minimum absolute atomic E-state index is 0. The first kappa shape index (κ1) is 22.9. The van der Waals surface area contributed by atoms with Gasteiger partial charge in [-0.1, -0.05) is 42.4 Å². The molecule has 1 aromatic carbocycles. The third-order valence-corrected chi connectivity index (χ3v) is 4.98. The van der Waals surface area contributed by atoms with Crippen LogP contribution in [-0.2, 0) is 13.1 Å². The average Bonchev–Trinajstić information content (AvgIpc) is 3.29. The minimum Gasteiger partial charge on any atom is -0.338 e. The zero-order valence-electron chi connectivity index (χ0n) is 15.4. The van der Waals surface area contributed by atoms with E-state index in [9.17, 15) is 0 Å². The van der Waals surface area contributed by atoms with Gasteiger partial charge in [-0.3, -0.25) is 9.80 Å². The lowest BCUT2D eigenvalue weighted by atomic mass is 10.1. The second kappa shape index (κ2) is 10.8. The maximum Gasteiger partial charge on any atom is 0.240 e. The molecular weight excluding hydrogens is 373 g/mol. The van der Waals surface area contributed by atoms with Gasteiger partial charge in [0.05, 0.1) is 13.1 Å². The lowest BCUT2D eigenvalue weighted by molar-refractivity contribution is 0.175. The molecule has 0 spiro atoms. The van der Waals surface area contributed by atoms with Gasteiger partial charge in [-0.15, -0.1) is 24.8 Å². The molecule has 3 rings (SSSR count). The molecule has 2 unspecified atom stereocenters. The molecule has 1 aliphatic rings. The lowest BCUT2D eigenvalue weighted by Crippen LogP contribution is -2.37. The molecular formula is C18H29Cl2N5O. The van der Waals surface area contributed by atoms with Crippen LogP contribution in [0, 0.1) is 0 Å². The first-order valence-electron chi connectivity index (χ1n) is 8.75. The molecule has 1 aliphatic heterocycles. The summed E-state index contributed by atoms with van der Waals surface area (Å²) in [5.74, 6) is 1.23. The van der Waals surface area contributed by atoms with E-state index in [1.807, 2.05) is 0 Å². The molecule has 0 saturated carbocycles. The molecule has 0 amide bonds. The molecule has 2 aromatic rings. The van der Waals surface area contributed by atoms with E-state index in [4.69, 9.17) is 10.3 Å². The molecule has 0 radical (unpaired) electrons. The van der Waals surface area contributed by atoms with Gasteiger partial charge in [-0.2, -0.15) is 4.98 Å². The maximum absolute atomic E-state index is 5.54. The fraction of sp³-hybridized carbons (Fsp3) is 0.556. The number of likely N-dealkylation sites (tertiary alicyclic amines) is 1. The Morgan fingerprint density at radius 2 is 2.04 bits per heavy atom. The maximum atomic E-state index is 5.54. The highest BCUT2D eigenvalue weighted by atomic mass is 35.5. The van der Waals surface area contributed by atoms with Gasteiger partial charge >= 0.3 is 0 Å². The van der Waals surface area contributed by atoms with E-state index >= 15 is 0 Å². The van der Waals surface area contributed by atoms with Crippen molar-refractivity contribution < 1.29 is 4.52 Å². The second-order valence-corrected chi connectivity index (χ2v) is 6.40. The molecule has 6 nitrogen and oxygen atoms in total. The Labute approximate surface area is 167 Å². The van der Waals surface area contributed by atoms with Crippen LogP contribution in [-0.4, -0.2) is 45.6 Å². The molecule has 2 N–H and O–H groups in total. The van der Waals surface area contributed by atoms with E-state index in [0.717, 1.165) is 32.0 Å². The number of aromatic nitrogens is 2. The number of nitrogens with two attached hydrogens (primary N) is 1. The molecule has 1 fully saturated rings. The van der Waals surface area contributed by atoms with Crippen LogP contribution in [0.5, 0.6) is 0 Å². The third kappa shape index (κ3) is 5.41. The summed E-state index contributed by atoms with van der Waals surface area (Å²) >= 11 is 0. The molecule has 8 heteroatoms. The molecule has 2 atom stereocenters. The monoisotopic (exact) mass is 401 g/mol. The molecule has 146 valence electrons. The van der Waals surface area contributed by atoms with Crippen LogP contribution in [0.15, 0.2) is 34.9 Å². The van der Waals surface area contributed by atoms with Gasteiger partial charge in [0, 0.05) is 25.2 Å². The highest BCUT2D eigenvalue weighted by Gasteiger charge is 2.30. The average molecular weight is 402 g/mol. The van der Waals surface area contributed by atoms with Crippen molar-refractivity contribution in [1.29, 1.82) is 0 Å². The van der Waals surface area contributed by atoms with Gasteiger partial charge in [0.25, 0.3) is 0 Å². The standard InChI is InChI=1S/C18H27N5O.2ClH/c1-3-22(13-17-20-18(11-19)24-21-17)16-9-10-23(12-16)14(2)15-7-5-4-6-8-15;;/h4-8,14,16H,3,9-13,19H2,1-2H3;2*1H.